The van der Waals surface area contributed by atoms with Crippen LogP contribution in [0.2, 0.25) is 0 Å². The molecule has 0 aliphatic carbocycles. The Labute approximate surface area is 130 Å². The molecule has 1 atom stereocenters. The maximum Gasteiger partial charge on any atom is 0.230 e. The molecule has 118 valence electrons. The van der Waals surface area contributed by atoms with E-state index in [1.165, 1.54) is 31.1 Å². The molecule has 2 heterocycles. The van der Waals surface area contributed by atoms with Crippen molar-refractivity contribution in [2.24, 2.45) is 5.92 Å². The first kappa shape index (κ1) is 16.3. The average Bonchev–Trinajstić information content (AvgIpc) is 2.89. The molecule has 0 saturated carbocycles. The number of likely N-dealkylation sites (tertiary alicyclic amines) is 1. The van der Waals surface area contributed by atoms with Crippen LogP contribution < -0.4 is 5.32 Å². The van der Waals surface area contributed by atoms with Crippen molar-refractivity contribution in [2.45, 2.75) is 44.8 Å². The second-order valence-corrected chi connectivity index (χ2v) is 6.84. The molecular formula is C14H25N5OS. The molecule has 0 bridgehead atoms. The molecule has 2 rings (SSSR count). The van der Waals surface area contributed by atoms with Crippen LogP contribution in [0.15, 0.2) is 5.16 Å². The number of carbonyl (C=O) groups excluding carboxylic acids is 1. The SMILES string of the molecule is Cc1nc(SCC(=O)NC[C@@H]2CCCN(C(C)C)C2)n[nH]1. The lowest BCUT2D eigenvalue weighted by atomic mass is 9.97. The summed E-state index contributed by atoms with van der Waals surface area (Å²) >= 11 is 1.37. The molecule has 1 aliphatic heterocycles. The van der Waals surface area contributed by atoms with Gasteiger partial charge in [-0.2, -0.15) is 0 Å². The first-order valence-electron chi connectivity index (χ1n) is 7.57. The van der Waals surface area contributed by atoms with Crippen LogP contribution in [0.1, 0.15) is 32.5 Å². The van der Waals surface area contributed by atoms with Gasteiger partial charge >= 0.3 is 0 Å². The molecule has 6 nitrogen and oxygen atoms in total. The summed E-state index contributed by atoms with van der Waals surface area (Å²) in [6, 6.07) is 0.591. The van der Waals surface area contributed by atoms with E-state index in [2.05, 4.69) is 39.2 Å². The van der Waals surface area contributed by atoms with E-state index in [-0.39, 0.29) is 5.91 Å². The second kappa shape index (κ2) is 7.79. The zero-order chi connectivity index (χ0) is 15.2. The Morgan fingerprint density at radius 2 is 2.38 bits per heavy atom. The number of H-pyrrole nitrogens is 1. The highest BCUT2D eigenvalue weighted by Gasteiger charge is 2.21. The molecule has 1 amide bonds. The van der Waals surface area contributed by atoms with Gasteiger partial charge < -0.3 is 10.2 Å². The molecule has 21 heavy (non-hydrogen) atoms. The third kappa shape index (κ3) is 5.32. The number of nitrogens with one attached hydrogen (secondary N) is 2. The Bertz CT molecular complexity index is 462. The van der Waals surface area contributed by atoms with Gasteiger partial charge in [-0.3, -0.25) is 9.89 Å². The Hall–Kier alpha value is -1.08. The fourth-order valence-electron chi connectivity index (χ4n) is 2.56. The zero-order valence-electron chi connectivity index (χ0n) is 13.1. The Balaban J connectivity index is 1.66. The van der Waals surface area contributed by atoms with Crippen LogP contribution >= 0.6 is 11.8 Å². The van der Waals surface area contributed by atoms with E-state index >= 15 is 0 Å². The number of rotatable bonds is 6. The lowest BCUT2D eigenvalue weighted by molar-refractivity contribution is -0.118. The van der Waals surface area contributed by atoms with Crippen molar-refractivity contribution in [3.63, 3.8) is 0 Å². The lowest BCUT2D eigenvalue weighted by Gasteiger charge is -2.35. The number of hydrogen-bond acceptors (Lipinski definition) is 5. The molecule has 1 aliphatic rings. The summed E-state index contributed by atoms with van der Waals surface area (Å²) in [6.07, 6.45) is 2.43. The number of hydrogen-bond donors (Lipinski definition) is 2. The van der Waals surface area contributed by atoms with Crippen LogP contribution in [-0.4, -0.2) is 57.4 Å². The topological polar surface area (TPSA) is 73.9 Å². The van der Waals surface area contributed by atoms with Crippen LogP contribution in [0.25, 0.3) is 0 Å². The number of piperidine rings is 1. The molecule has 1 aromatic heterocycles. The number of thioether (sulfide) groups is 1. The fourth-order valence-corrected chi connectivity index (χ4v) is 3.23. The molecular weight excluding hydrogens is 286 g/mol. The number of nitrogens with zero attached hydrogens (tertiary/aromatic N) is 3. The monoisotopic (exact) mass is 311 g/mol. The number of aromatic nitrogens is 3. The molecule has 0 unspecified atom stereocenters. The summed E-state index contributed by atoms with van der Waals surface area (Å²) in [5, 5.41) is 10.4. The first-order valence-corrected chi connectivity index (χ1v) is 8.55. The van der Waals surface area contributed by atoms with E-state index in [1.54, 1.807) is 0 Å². The van der Waals surface area contributed by atoms with Gasteiger partial charge in [0.25, 0.3) is 0 Å². The van der Waals surface area contributed by atoms with Gasteiger partial charge in [0.1, 0.15) is 5.82 Å². The molecule has 1 aromatic rings. The van der Waals surface area contributed by atoms with Gasteiger partial charge in [-0.1, -0.05) is 11.8 Å². The summed E-state index contributed by atoms with van der Waals surface area (Å²) in [7, 11) is 0. The van der Waals surface area contributed by atoms with Crippen LogP contribution in [0.5, 0.6) is 0 Å². The van der Waals surface area contributed by atoms with E-state index in [0.29, 0.717) is 22.9 Å². The second-order valence-electron chi connectivity index (χ2n) is 5.89. The van der Waals surface area contributed by atoms with Gasteiger partial charge in [0.2, 0.25) is 11.1 Å². The smallest absolute Gasteiger partial charge is 0.230 e. The van der Waals surface area contributed by atoms with Crippen molar-refractivity contribution < 1.29 is 4.79 Å². The molecule has 0 aromatic carbocycles. The average molecular weight is 311 g/mol. The highest BCUT2D eigenvalue weighted by atomic mass is 32.2. The zero-order valence-corrected chi connectivity index (χ0v) is 13.9. The third-order valence-electron chi connectivity index (χ3n) is 3.78. The van der Waals surface area contributed by atoms with Crippen LogP contribution in [0, 0.1) is 12.8 Å². The fraction of sp³-hybridized carbons (Fsp3) is 0.786. The van der Waals surface area contributed by atoms with Crippen molar-refractivity contribution in [1.82, 2.24) is 25.4 Å². The minimum atomic E-state index is 0.0594. The standard InChI is InChI=1S/C14H25N5OS/c1-10(2)19-6-4-5-12(8-19)7-15-13(20)9-21-14-16-11(3)17-18-14/h10,12H,4-9H2,1-3H3,(H,15,20)(H,16,17,18)/t12-/m0/s1. The van der Waals surface area contributed by atoms with Crippen LogP contribution in [0.4, 0.5) is 0 Å². The minimum Gasteiger partial charge on any atom is -0.355 e. The van der Waals surface area contributed by atoms with E-state index < -0.39 is 0 Å². The van der Waals surface area contributed by atoms with Gasteiger partial charge in [0.05, 0.1) is 5.75 Å². The number of aromatic amines is 1. The van der Waals surface area contributed by atoms with Gasteiger partial charge in [-0.25, -0.2) is 4.98 Å². The van der Waals surface area contributed by atoms with Crippen molar-refractivity contribution >= 4 is 17.7 Å². The predicted molar refractivity (Wildman–Crippen MR) is 84.3 cm³/mol. The minimum absolute atomic E-state index is 0.0594. The molecule has 1 fully saturated rings. The Morgan fingerprint density at radius 3 is 3.05 bits per heavy atom. The molecule has 7 heteroatoms. The summed E-state index contributed by atoms with van der Waals surface area (Å²) in [4.78, 5) is 18.5. The van der Waals surface area contributed by atoms with E-state index in [9.17, 15) is 4.79 Å². The predicted octanol–water partition coefficient (Wildman–Crippen LogP) is 1.44. The van der Waals surface area contributed by atoms with Crippen molar-refractivity contribution in [1.29, 1.82) is 0 Å². The Kier molecular flexibility index (Phi) is 6.05. The number of amides is 1. The maximum absolute atomic E-state index is 11.9. The number of carbonyl (C=O) groups is 1. The van der Waals surface area contributed by atoms with Crippen LogP contribution in [0.3, 0.4) is 0 Å². The van der Waals surface area contributed by atoms with Crippen molar-refractivity contribution in [3.05, 3.63) is 5.82 Å². The normalized spacial score (nSPS) is 19.9. The summed E-state index contributed by atoms with van der Waals surface area (Å²) in [5.74, 6) is 1.77. The van der Waals surface area contributed by atoms with E-state index in [0.717, 1.165) is 18.9 Å². The number of aryl methyl sites for hydroxylation is 1. The van der Waals surface area contributed by atoms with E-state index in [4.69, 9.17) is 0 Å². The van der Waals surface area contributed by atoms with Crippen molar-refractivity contribution in [3.8, 4) is 0 Å². The first-order chi connectivity index (χ1) is 10.0. The van der Waals surface area contributed by atoms with Crippen molar-refractivity contribution in [2.75, 3.05) is 25.4 Å². The summed E-state index contributed by atoms with van der Waals surface area (Å²) < 4.78 is 0. The summed E-state index contributed by atoms with van der Waals surface area (Å²) in [6.45, 7) is 9.36. The lowest BCUT2D eigenvalue weighted by Crippen LogP contribution is -2.44. The van der Waals surface area contributed by atoms with E-state index in [1.807, 2.05) is 6.92 Å². The molecule has 1 saturated heterocycles. The molecule has 2 N–H and O–H groups in total. The molecule has 0 spiro atoms. The molecule has 0 radical (unpaired) electrons. The van der Waals surface area contributed by atoms with Crippen LogP contribution in [-0.2, 0) is 4.79 Å². The highest BCUT2D eigenvalue weighted by molar-refractivity contribution is 7.99. The van der Waals surface area contributed by atoms with Gasteiger partial charge in [-0.05, 0) is 46.1 Å². The Morgan fingerprint density at radius 1 is 1.57 bits per heavy atom. The highest BCUT2D eigenvalue weighted by Crippen LogP contribution is 2.18. The van der Waals surface area contributed by atoms with Gasteiger partial charge in [0, 0.05) is 19.1 Å². The van der Waals surface area contributed by atoms with Gasteiger partial charge in [0.15, 0.2) is 0 Å². The maximum atomic E-state index is 11.9. The summed E-state index contributed by atoms with van der Waals surface area (Å²) in [5.41, 5.74) is 0. The van der Waals surface area contributed by atoms with Gasteiger partial charge in [-0.15, -0.1) is 5.10 Å². The quantitative estimate of drug-likeness (QED) is 0.778. The largest absolute Gasteiger partial charge is 0.355 e. The third-order valence-corrected chi connectivity index (χ3v) is 4.62.